The van der Waals surface area contributed by atoms with Crippen molar-refractivity contribution in [3.63, 3.8) is 0 Å². The van der Waals surface area contributed by atoms with Gasteiger partial charge >= 0.3 is 12.0 Å². The van der Waals surface area contributed by atoms with Crippen molar-refractivity contribution in [1.82, 2.24) is 15.1 Å². The number of hydrogen-bond donors (Lipinski definition) is 2. The Balaban J connectivity index is 1.71. The lowest BCUT2D eigenvalue weighted by Gasteiger charge is -2.37. The van der Waals surface area contributed by atoms with Crippen LogP contribution in [0.15, 0.2) is 0 Å². The van der Waals surface area contributed by atoms with Gasteiger partial charge in [0.25, 0.3) is 0 Å². The van der Waals surface area contributed by atoms with Crippen LogP contribution in [-0.2, 0) is 4.79 Å². The first-order chi connectivity index (χ1) is 9.85. The molecule has 1 saturated carbocycles. The van der Waals surface area contributed by atoms with Crippen molar-refractivity contribution in [1.29, 1.82) is 0 Å². The number of urea groups is 1. The maximum atomic E-state index is 12.2. The summed E-state index contributed by atoms with van der Waals surface area (Å²) < 4.78 is 0. The molecule has 2 N–H and O–H groups in total. The topological polar surface area (TPSA) is 72.9 Å². The van der Waals surface area contributed by atoms with Crippen molar-refractivity contribution in [3.05, 3.63) is 0 Å². The van der Waals surface area contributed by atoms with Crippen LogP contribution in [0.2, 0.25) is 0 Å². The van der Waals surface area contributed by atoms with Gasteiger partial charge in [0.15, 0.2) is 0 Å². The second-order valence-corrected chi connectivity index (χ2v) is 6.94. The molecule has 0 radical (unpaired) electrons. The molecule has 0 bridgehead atoms. The molecule has 6 heteroatoms. The van der Waals surface area contributed by atoms with Crippen molar-refractivity contribution in [2.24, 2.45) is 5.92 Å². The second-order valence-electron chi connectivity index (χ2n) is 6.94. The van der Waals surface area contributed by atoms with Gasteiger partial charge in [-0.1, -0.05) is 0 Å². The molecule has 2 fully saturated rings. The molecule has 0 atom stereocenters. The predicted octanol–water partition coefficient (Wildman–Crippen LogP) is 1.37. The molecule has 2 rings (SSSR count). The fourth-order valence-electron chi connectivity index (χ4n) is 2.65. The van der Waals surface area contributed by atoms with Crippen molar-refractivity contribution in [3.8, 4) is 0 Å². The number of carboxylic acid groups (broad SMARTS) is 1. The highest BCUT2D eigenvalue weighted by atomic mass is 16.4. The lowest BCUT2D eigenvalue weighted by molar-refractivity contribution is -0.137. The smallest absolute Gasteiger partial charge is 0.317 e. The van der Waals surface area contributed by atoms with Crippen molar-refractivity contribution in [2.75, 3.05) is 32.7 Å². The van der Waals surface area contributed by atoms with Crippen molar-refractivity contribution >= 4 is 12.0 Å². The maximum Gasteiger partial charge on any atom is 0.317 e. The predicted molar refractivity (Wildman–Crippen MR) is 80.2 cm³/mol. The van der Waals surface area contributed by atoms with Gasteiger partial charge in [-0.25, -0.2) is 4.79 Å². The van der Waals surface area contributed by atoms with E-state index in [1.807, 2.05) is 18.7 Å². The van der Waals surface area contributed by atoms with E-state index in [2.05, 4.69) is 10.2 Å². The highest BCUT2D eigenvalue weighted by Gasteiger charge is 2.29. The minimum absolute atomic E-state index is 0.0719. The van der Waals surface area contributed by atoms with E-state index in [1.165, 1.54) is 19.4 Å². The number of hydrogen-bond acceptors (Lipinski definition) is 3. The van der Waals surface area contributed by atoms with Crippen LogP contribution in [0.4, 0.5) is 4.79 Å². The van der Waals surface area contributed by atoms with Crippen LogP contribution in [-0.4, -0.2) is 65.2 Å². The molecular weight excluding hydrogens is 270 g/mol. The fourth-order valence-corrected chi connectivity index (χ4v) is 2.65. The second kappa shape index (κ2) is 6.64. The summed E-state index contributed by atoms with van der Waals surface area (Å²) in [5, 5.41) is 11.7. The van der Waals surface area contributed by atoms with Crippen LogP contribution >= 0.6 is 0 Å². The van der Waals surface area contributed by atoms with Crippen LogP contribution in [0.3, 0.4) is 0 Å². The van der Waals surface area contributed by atoms with E-state index >= 15 is 0 Å². The van der Waals surface area contributed by atoms with Gasteiger partial charge in [-0.15, -0.1) is 0 Å². The molecule has 6 nitrogen and oxygen atoms in total. The lowest BCUT2D eigenvalue weighted by atomic mass is 9.99. The van der Waals surface area contributed by atoms with E-state index in [0.29, 0.717) is 6.42 Å². The zero-order valence-electron chi connectivity index (χ0n) is 13.1. The van der Waals surface area contributed by atoms with E-state index in [4.69, 9.17) is 5.11 Å². The number of aliphatic carboxylic acids is 1. The van der Waals surface area contributed by atoms with E-state index < -0.39 is 11.5 Å². The molecule has 0 spiro atoms. The van der Waals surface area contributed by atoms with Crippen LogP contribution in [0.1, 0.15) is 39.5 Å². The summed E-state index contributed by atoms with van der Waals surface area (Å²) in [4.78, 5) is 27.2. The van der Waals surface area contributed by atoms with E-state index in [0.717, 1.165) is 32.1 Å². The van der Waals surface area contributed by atoms with Crippen LogP contribution in [0.25, 0.3) is 0 Å². The molecule has 0 unspecified atom stereocenters. The van der Waals surface area contributed by atoms with E-state index in [9.17, 15) is 9.59 Å². The summed E-state index contributed by atoms with van der Waals surface area (Å²) in [5.74, 6) is 0.0614. The third kappa shape index (κ3) is 5.53. The molecule has 1 saturated heterocycles. The Hall–Kier alpha value is -1.30. The van der Waals surface area contributed by atoms with Gasteiger partial charge in [0.1, 0.15) is 0 Å². The summed E-state index contributed by atoms with van der Waals surface area (Å²) in [6.45, 7) is 8.33. The molecule has 1 aliphatic heterocycles. The monoisotopic (exact) mass is 297 g/mol. The maximum absolute atomic E-state index is 12.2. The summed E-state index contributed by atoms with van der Waals surface area (Å²) >= 11 is 0. The third-order valence-corrected chi connectivity index (χ3v) is 4.28. The largest absolute Gasteiger partial charge is 0.481 e. The molecule has 0 aromatic carbocycles. The first-order valence-corrected chi connectivity index (χ1v) is 7.87. The SMILES string of the molecule is CC(C)(CCC(=O)O)NC(=O)N1CCN(CC2CC2)CC1. The molecule has 1 aliphatic carbocycles. The number of rotatable bonds is 6. The normalized spacial score (nSPS) is 20.4. The van der Waals surface area contributed by atoms with E-state index in [-0.39, 0.29) is 12.5 Å². The average molecular weight is 297 g/mol. The Morgan fingerprint density at radius 2 is 1.81 bits per heavy atom. The third-order valence-electron chi connectivity index (χ3n) is 4.28. The van der Waals surface area contributed by atoms with Gasteiger partial charge in [0.2, 0.25) is 0 Å². The first-order valence-electron chi connectivity index (χ1n) is 7.87. The fraction of sp³-hybridized carbons (Fsp3) is 0.867. The minimum Gasteiger partial charge on any atom is -0.481 e. The summed E-state index contributed by atoms with van der Waals surface area (Å²) in [7, 11) is 0. The van der Waals surface area contributed by atoms with Crippen LogP contribution in [0, 0.1) is 5.92 Å². The Morgan fingerprint density at radius 3 is 2.33 bits per heavy atom. The Morgan fingerprint density at radius 1 is 1.19 bits per heavy atom. The van der Waals surface area contributed by atoms with Gasteiger partial charge in [0, 0.05) is 44.7 Å². The van der Waals surface area contributed by atoms with Crippen LogP contribution < -0.4 is 5.32 Å². The van der Waals surface area contributed by atoms with Gasteiger partial charge in [-0.05, 0) is 39.0 Å². The minimum atomic E-state index is -0.828. The zero-order valence-corrected chi connectivity index (χ0v) is 13.1. The summed E-state index contributed by atoms with van der Waals surface area (Å²) in [6.07, 6.45) is 3.23. The number of amides is 2. The van der Waals surface area contributed by atoms with Crippen molar-refractivity contribution in [2.45, 2.75) is 45.1 Å². The van der Waals surface area contributed by atoms with Gasteiger partial charge in [0.05, 0.1) is 0 Å². The highest BCUT2D eigenvalue weighted by molar-refractivity contribution is 5.75. The van der Waals surface area contributed by atoms with Crippen molar-refractivity contribution < 1.29 is 14.7 Å². The zero-order chi connectivity index (χ0) is 15.5. The van der Waals surface area contributed by atoms with Gasteiger partial charge in [-0.3, -0.25) is 9.69 Å². The molecular formula is C15H27N3O3. The number of nitrogens with one attached hydrogen (secondary N) is 1. The van der Waals surface area contributed by atoms with Crippen LogP contribution in [0.5, 0.6) is 0 Å². The number of piperazine rings is 1. The lowest BCUT2D eigenvalue weighted by Crippen LogP contribution is -2.56. The first kappa shape index (κ1) is 16.1. The van der Waals surface area contributed by atoms with Gasteiger partial charge in [-0.2, -0.15) is 0 Å². The number of carbonyl (C=O) groups is 2. The molecule has 0 aromatic heterocycles. The number of carbonyl (C=O) groups excluding carboxylic acids is 1. The highest BCUT2D eigenvalue weighted by Crippen LogP contribution is 2.29. The molecule has 1 heterocycles. The molecule has 2 aliphatic rings. The standard InChI is InChI=1S/C15H27N3O3/c1-15(2,6-5-13(19)20)16-14(21)18-9-7-17(8-10-18)11-12-3-4-12/h12H,3-11H2,1-2H3,(H,16,21)(H,19,20). The Kier molecular flexibility index (Phi) is 5.08. The number of carboxylic acids is 1. The Labute approximate surface area is 126 Å². The van der Waals surface area contributed by atoms with E-state index in [1.54, 1.807) is 0 Å². The average Bonchev–Trinajstić information content (AvgIpc) is 3.21. The quantitative estimate of drug-likeness (QED) is 0.776. The molecule has 120 valence electrons. The molecule has 21 heavy (non-hydrogen) atoms. The number of nitrogens with zero attached hydrogens (tertiary/aromatic N) is 2. The summed E-state index contributed by atoms with van der Waals surface area (Å²) in [6, 6.07) is -0.0727. The molecule has 0 aromatic rings. The summed E-state index contributed by atoms with van der Waals surface area (Å²) in [5.41, 5.74) is -0.485. The Bertz CT molecular complexity index is 386. The molecule has 2 amide bonds. The van der Waals surface area contributed by atoms with Gasteiger partial charge < -0.3 is 15.3 Å².